The first-order chi connectivity index (χ1) is 8.25. The Bertz CT molecular complexity index is 391. The van der Waals surface area contributed by atoms with Crippen LogP contribution >= 0.6 is 11.8 Å². The number of thioether (sulfide) groups is 1. The predicted octanol–water partition coefficient (Wildman–Crippen LogP) is 1.42. The zero-order chi connectivity index (χ0) is 12.1. The summed E-state index contributed by atoms with van der Waals surface area (Å²) >= 11 is 1.90. The fourth-order valence-electron chi connectivity index (χ4n) is 1.79. The average Bonchev–Trinajstić information content (AvgIpc) is 2.33. The minimum atomic E-state index is 0.0566. The molecule has 1 fully saturated rings. The number of hydrogen-bond donors (Lipinski definition) is 2. The maximum Gasteiger partial charge on any atom is 0.226 e. The average molecular weight is 251 g/mol. The van der Waals surface area contributed by atoms with Crippen molar-refractivity contribution in [1.29, 1.82) is 0 Å². The van der Waals surface area contributed by atoms with E-state index in [1.165, 1.54) is 0 Å². The van der Waals surface area contributed by atoms with Crippen molar-refractivity contribution in [3.63, 3.8) is 0 Å². The molecule has 1 aromatic heterocycles. The second kappa shape index (κ2) is 6.02. The van der Waals surface area contributed by atoms with E-state index in [0.717, 1.165) is 29.4 Å². The second-order valence-electron chi connectivity index (χ2n) is 4.11. The van der Waals surface area contributed by atoms with Crippen LogP contribution in [0, 0.1) is 6.92 Å². The lowest BCUT2D eigenvalue weighted by Crippen LogP contribution is -2.39. The lowest BCUT2D eigenvalue weighted by molar-refractivity contribution is -0.116. The highest BCUT2D eigenvalue weighted by Gasteiger charge is 2.16. The van der Waals surface area contributed by atoms with Crippen LogP contribution in [-0.4, -0.2) is 35.0 Å². The molecule has 0 aromatic carbocycles. The third-order valence-electron chi connectivity index (χ3n) is 2.71. The van der Waals surface area contributed by atoms with Crippen molar-refractivity contribution < 1.29 is 4.79 Å². The van der Waals surface area contributed by atoms with Crippen molar-refractivity contribution in [2.45, 2.75) is 19.4 Å². The molecule has 17 heavy (non-hydrogen) atoms. The van der Waals surface area contributed by atoms with Gasteiger partial charge in [-0.25, -0.2) is 0 Å². The highest BCUT2D eigenvalue weighted by atomic mass is 32.2. The molecule has 1 aromatic rings. The molecule has 0 spiro atoms. The molecule has 0 saturated carbocycles. The topological polar surface area (TPSA) is 54.0 Å². The Kier molecular flexibility index (Phi) is 4.39. The van der Waals surface area contributed by atoms with E-state index in [0.29, 0.717) is 12.5 Å². The molecular formula is C12H17N3OS. The molecule has 0 bridgehead atoms. The largest absolute Gasteiger partial charge is 0.324 e. The number of pyridine rings is 1. The Morgan fingerprint density at radius 3 is 3.29 bits per heavy atom. The van der Waals surface area contributed by atoms with E-state index in [4.69, 9.17) is 0 Å². The smallest absolute Gasteiger partial charge is 0.226 e. The fraction of sp³-hybridized carbons (Fsp3) is 0.500. The maximum absolute atomic E-state index is 11.8. The van der Waals surface area contributed by atoms with Crippen LogP contribution in [0.1, 0.15) is 12.1 Å². The van der Waals surface area contributed by atoms with Gasteiger partial charge >= 0.3 is 0 Å². The quantitative estimate of drug-likeness (QED) is 0.853. The van der Waals surface area contributed by atoms with Crippen LogP contribution in [0.2, 0.25) is 0 Å². The molecule has 1 atom stereocenters. The van der Waals surface area contributed by atoms with E-state index in [-0.39, 0.29) is 5.91 Å². The molecule has 1 saturated heterocycles. The minimum absolute atomic E-state index is 0.0566. The monoisotopic (exact) mass is 251 g/mol. The van der Waals surface area contributed by atoms with Gasteiger partial charge in [-0.2, -0.15) is 11.8 Å². The van der Waals surface area contributed by atoms with Gasteiger partial charge in [0.1, 0.15) is 0 Å². The zero-order valence-electron chi connectivity index (χ0n) is 9.90. The van der Waals surface area contributed by atoms with Gasteiger partial charge in [-0.05, 0) is 19.1 Å². The summed E-state index contributed by atoms with van der Waals surface area (Å²) in [5.41, 5.74) is 1.66. The lowest BCUT2D eigenvalue weighted by atomic mass is 10.2. The summed E-state index contributed by atoms with van der Waals surface area (Å²) < 4.78 is 0. The van der Waals surface area contributed by atoms with E-state index in [9.17, 15) is 4.79 Å². The Hall–Kier alpha value is -1.07. The molecule has 2 heterocycles. The number of nitrogens with one attached hydrogen (secondary N) is 2. The van der Waals surface area contributed by atoms with Crippen molar-refractivity contribution in [2.24, 2.45) is 0 Å². The molecule has 0 radical (unpaired) electrons. The SMILES string of the molecule is Cc1ncccc1NC(=O)CC1CSCCN1. The maximum atomic E-state index is 11.8. The van der Waals surface area contributed by atoms with Crippen LogP contribution in [0.4, 0.5) is 5.69 Å². The third-order valence-corrected chi connectivity index (χ3v) is 3.84. The van der Waals surface area contributed by atoms with Crippen molar-refractivity contribution in [3.8, 4) is 0 Å². The summed E-state index contributed by atoms with van der Waals surface area (Å²) in [5, 5.41) is 6.26. The molecule has 2 N–H and O–H groups in total. The van der Waals surface area contributed by atoms with E-state index >= 15 is 0 Å². The predicted molar refractivity (Wildman–Crippen MR) is 71.3 cm³/mol. The van der Waals surface area contributed by atoms with Crippen molar-refractivity contribution in [1.82, 2.24) is 10.3 Å². The Morgan fingerprint density at radius 1 is 1.71 bits per heavy atom. The fourth-order valence-corrected chi connectivity index (χ4v) is 2.74. The first kappa shape index (κ1) is 12.4. The summed E-state index contributed by atoms with van der Waals surface area (Å²) in [6.45, 7) is 2.89. The molecule has 1 amide bonds. The van der Waals surface area contributed by atoms with Crippen LogP contribution in [0.25, 0.3) is 0 Å². The molecule has 2 rings (SSSR count). The third kappa shape index (κ3) is 3.71. The van der Waals surface area contributed by atoms with Gasteiger partial charge in [-0.3, -0.25) is 9.78 Å². The number of nitrogens with zero attached hydrogens (tertiary/aromatic N) is 1. The normalized spacial score (nSPS) is 19.9. The molecule has 1 aliphatic heterocycles. The van der Waals surface area contributed by atoms with Gasteiger partial charge < -0.3 is 10.6 Å². The highest BCUT2D eigenvalue weighted by molar-refractivity contribution is 7.99. The number of hydrogen-bond acceptors (Lipinski definition) is 4. The molecular weight excluding hydrogens is 234 g/mol. The Balaban J connectivity index is 1.86. The number of carbonyl (C=O) groups is 1. The van der Waals surface area contributed by atoms with Crippen molar-refractivity contribution in [2.75, 3.05) is 23.4 Å². The van der Waals surface area contributed by atoms with Gasteiger partial charge in [0.05, 0.1) is 11.4 Å². The van der Waals surface area contributed by atoms with E-state index in [1.807, 2.05) is 30.8 Å². The van der Waals surface area contributed by atoms with Gasteiger partial charge in [0.15, 0.2) is 0 Å². The molecule has 1 unspecified atom stereocenters. The summed E-state index contributed by atoms with van der Waals surface area (Å²) in [6, 6.07) is 4.01. The lowest BCUT2D eigenvalue weighted by Gasteiger charge is -2.22. The van der Waals surface area contributed by atoms with Crippen molar-refractivity contribution >= 4 is 23.4 Å². The van der Waals surface area contributed by atoms with E-state index < -0.39 is 0 Å². The van der Waals surface area contributed by atoms with Gasteiger partial charge in [0, 0.05) is 36.7 Å². The van der Waals surface area contributed by atoms with Gasteiger partial charge in [-0.1, -0.05) is 0 Å². The standard InChI is InChI=1S/C12H17N3OS/c1-9-11(3-2-4-13-9)15-12(16)7-10-8-17-6-5-14-10/h2-4,10,14H,5-8H2,1H3,(H,15,16). The summed E-state index contributed by atoms with van der Waals surface area (Å²) in [7, 11) is 0. The van der Waals surface area contributed by atoms with Crippen LogP contribution in [0.5, 0.6) is 0 Å². The number of anilines is 1. The van der Waals surface area contributed by atoms with Crippen LogP contribution < -0.4 is 10.6 Å². The highest BCUT2D eigenvalue weighted by Crippen LogP contribution is 2.13. The van der Waals surface area contributed by atoms with Crippen molar-refractivity contribution in [3.05, 3.63) is 24.0 Å². The Labute approximate surface area is 106 Å². The van der Waals surface area contributed by atoms with Crippen LogP contribution in [0.15, 0.2) is 18.3 Å². The number of aromatic nitrogens is 1. The Morgan fingerprint density at radius 2 is 2.59 bits per heavy atom. The summed E-state index contributed by atoms with van der Waals surface area (Å²) in [5.74, 6) is 2.21. The first-order valence-corrected chi connectivity index (χ1v) is 6.94. The van der Waals surface area contributed by atoms with Crippen LogP contribution in [-0.2, 0) is 4.79 Å². The number of rotatable bonds is 3. The second-order valence-corrected chi connectivity index (χ2v) is 5.26. The van der Waals surface area contributed by atoms with Gasteiger partial charge in [-0.15, -0.1) is 0 Å². The molecule has 5 heteroatoms. The first-order valence-electron chi connectivity index (χ1n) is 5.78. The molecule has 92 valence electrons. The molecule has 1 aliphatic rings. The molecule has 0 aliphatic carbocycles. The number of amides is 1. The zero-order valence-corrected chi connectivity index (χ0v) is 10.7. The number of aryl methyl sites for hydroxylation is 1. The number of carbonyl (C=O) groups excluding carboxylic acids is 1. The van der Waals surface area contributed by atoms with Gasteiger partial charge in [0.25, 0.3) is 0 Å². The van der Waals surface area contributed by atoms with E-state index in [2.05, 4.69) is 15.6 Å². The van der Waals surface area contributed by atoms with Gasteiger partial charge in [0.2, 0.25) is 5.91 Å². The minimum Gasteiger partial charge on any atom is -0.324 e. The van der Waals surface area contributed by atoms with E-state index in [1.54, 1.807) is 6.20 Å². The summed E-state index contributed by atoms with van der Waals surface area (Å²) in [4.78, 5) is 16.0. The molecule has 4 nitrogen and oxygen atoms in total. The van der Waals surface area contributed by atoms with Crippen LogP contribution in [0.3, 0.4) is 0 Å². The summed E-state index contributed by atoms with van der Waals surface area (Å²) in [6.07, 6.45) is 2.26.